The lowest BCUT2D eigenvalue weighted by molar-refractivity contribution is -0.119. The lowest BCUT2D eigenvalue weighted by Crippen LogP contribution is -2.35. The number of nitrogens with zero attached hydrogens (tertiary/aromatic N) is 3. The highest BCUT2D eigenvalue weighted by molar-refractivity contribution is 6.28. The quantitative estimate of drug-likeness (QED) is 0.713. The number of rotatable bonds is 5. The Morgan fingerprint density at radius 1 is 1.29 bits per heavy atom. The summed E-state index contributed by atoms with van der Waals surface area (Å²) < 4.78 is 0. The number of aromatic nitrogens is 3. The number of hydrogen-bond acceptors (Lipinski definition) is 6. The van der Waals surface area contributed by atoms with Crippen LogP contribution in [0.3, 0.4) is 0 Å². The molecule has 0 radical (unpaired) electrons. The normalized spacial score (nSPS) is 10.2. The van der Waals surface area contributed by atoms with Crippen LogP contribution in [0.25, 0.3) is 0 Å². The van der Waals surface area contributed by atoms with Crippen molar-refractivity contribution in [3.8, 4) is 0 Å². The molecule has 0 saturated heterocycles. The van der Waals surface area contributed by atoms with Gasteiger partial charge in [0.1, 0.15) is 0 Å². The van der Waals surface area contributed by atoms with Crippen molar-refractivity contribution in [3.05, 3.63) is 5.28 Å². The average molecular weight is 259 g/mol. The Morgan fingerprint density at radius 2 is 1.94 bits per heavy atom. The van der Waals surface area contributed by atoms with Gasteiger partial charge in [0.2, 0.25) is 23.1 Å². The Labute approximate surface area is 104 Å². The third-order valence-electron chi connectivity index (χ3n) is 1.69. The van der Waals surface area contributed by atoms with Crippen molar-refractivity contribution < 1.29 is 4.79 Å². The summed E-state index contributed by atoms with van der Waals surface area (Å²) in [5, 5.41) is 8.31. The molecule has 1 amide bonds. The topological polar surface area (TPSA) is 91.8 Å². The van der Waals surface area contributed by atoms with E-state index in [2.05, 4.69) is 30.9 Å². The molecule has 0 atom stereocenters. The summed E-state index contributed by atoms with van der Waals surface area (Å²) in [6.45, 7) is 3.86. The van der Waals surface area contributed by atoms with Gasteiger partial charge in [0.25, 0.3) is 0 Å². The van der Waals surface area contributed by atoms with E-state index >= 15 is 0 Å². The fraction of sp³-hybridized carbons (Fsp3) is 0.556. The van der Waals surface area contributed by atoms with E-state index in [0.717, 1.165) is 0 Å². The summed E-state index contributed by atoms with van der Waals surface area (Å²) in [5.41, 5.74) is 0. The number of anilines is 2. The minimum absolute atomic E-state index is 0.0658. The molecule has 8 heteroatoms. The number of amides is 1. The number of nitrogens with one attached hydrogen (secondary N) is 3. The lowest BCUT2D eigenvalue weighted by Gasteiger charge is -2.09. The largest absolute Gasteiger partial charge is 0.357 e. The van der Waals surface area contributed by atoms with E-state index in [1.54, 1.807) is 7.05 Å². The fourth-order valence-electron chi connectivity index (χ4n) is 1.07. The van der Waals surface area contributed by atoms with Crippen LogP contribution in [-0.4, -0.2) is 40.5 Å². The highest BCUT2D eigenvalue weighted by atomic mass is 35.5. The predicted octanol–water partition coefficient (Wildman–Crippen LogP) is 0.503. The van der Waals surface area contributed by atoms with E-state index < -0.39 is 0 Å². The second kappa shape index (κ2) is 6.19. The summed E-state index contributed by atoms with van der Waals surface area (Å²) in [7, 11) is 1.67. The maximum Gasteiger partial charge on any atom is 0.239 e. The van der Waals surface area contributed by atoms with Crippen LogP contribution in [0.1, 0.15) is 13.8 Å². The zero-order valence-corrected chi connectivity index (χ0v) is 10.7. The molecule has 1 aromatic heterocycles. The lowest BCUT2D eigenvalue weighted by atomic mass is 10.4. The van der Waals surface area contributed by atoms with Gasteiger partial charge in [-0.2, -0.15) is 15.0 Å². The zero-order valence-electron chi connectivity index (χ0n) is 9.91. The fourth-order valence-corrected chi connectivity index (χ4v) is 1.23. The Kier molecular flexibility index (Phi) is 4.89. The minimum Gasteiger partial charge on any atom is -0.357 e. The van der Waals surface area contributed by atoms with Gasteiger partial charge in [0.15, 0.2) is 0 Å². The molecule has 0 saturated carbocycles. The van der Waals surface area contributed by atoms with Crippen molar-refractivity contribution in [2.45, 2.75) is 19.9 Å². The van der Waals surface area contributed by atoms with Crippen molar-refractivity contribution in [2.75, 3.05) is 24.2 Å². The van der Waals surface area contributed by atoms with E-state index in [4.69, 9.17) is 11.6 Å². The van der Waals surface area contributed by atoms with Gasteiger partial charge in [-0.1, -0.05) is 0 Å². The molecular formula is C9H15ClN6O. The Bertz CT molecular complexity index is 397. The van der Waals surface area contributed by atoms with E-state index in [1.165, 1.54) is 0 Å². The number of carbonyl (C=O) groups is 1. The smallest absolute Gasteiger partial charge is 0.239 e. The Balaban J connectivity index is 2.57. The second-order valence-electron chi connectivity index (χ2n) is 3.58. The van der Waals surface area contributed by atoms with Gasteiger partial charge in [0.05, 0.1) is 6.54 Å². The van der Waals surface area contributed by atoms with Crippen molar-refractivity contribution in [3.63, 3.8) is 0 Å². The van der Waals surface area contributed by atoms with Crippen LogP contribution in [-0.2, 0) is 4.79 Å². The molecule has 0 aliphatic heterocycles. The first-order valence-corrected chi connectivity index (χ1v) is 5.51. The molecular weight excluding hydrogens is 244 g/mol. The molecule has 1 aromatic rings. The molecule has 0 aromatic carbocycles. The van der Waals surface area contributed by atoms with E-state index in [9.17, 15) is 4.79 Å². The van der Waals surface area contributed by atoms with Crippen LogP contribution >= 0.6 is 11.6 Å². The summed E-state index contributed by atoms with van der Waals surface area (Å²) >= 11 is 5.69. The molecule has 1 rings (SSSR count). The van der Waals surface area contributed by atoms with E-state index in [-0.39, 0.29) is 29.7 Å². The van der Waals surface area contributed by atoms with Crippen LogP contribution in [0.15, 0.2) is 0 Å². The summed E-state index contributed by atoms with van der Waals surface area (Å²) in [5.74, 6) is 0.465. The molecule has 0 aliphatic rings. The van der Waals surface area contributed by atoms with Gasteiger partial charge < -0.3 is 16.0 Å². The molecule has 1 heterocycles. The monoisotopic (exact) mass is 258 g/mol. The molecule has 0 fully saturated rings. The van der Waals surface area contributed by atoms with Crippen LogP contribution in [0.4, 0.5) is 11.9 Å². The average Bonchev–Trinajstić information content (AvgIpc) is 2.24. The highest BCUT2D eigenvalue weighted by Gasteiger charge is 2.06. The first-order chi connectivity index (χ1) is 8.01. The molecule has 0 bridgehead atoms. The molecule has 17 heavy (non-hydrogen) atoms. The molecule has 7 nitrogen and oxygen atoms in total. The third kappa shape index (κ3) is 4.81. The van der Waals surface area contributed by atoms with Gasteiger partial charge in [-0.05, 0) is 25.4 Å². The molecule has 94 valence electrons. The Hall–Kier alpha value is -1.63. The standard InChI is InChI=1S/C9H15ClN6O/c1-5(2)13-6(17)4-12-9-15-7(10)14-8(11-3)16-9/h5H,4H2,1-3H3,(H,13,17)(H2,11,12,14,15,16). The van der Waals surface area contributed by atoms with Gasteiger partial charge in [-0.15, -0.1) is 0 Å². The maximum absolute atomic E-state index is 11.4. The highest BCUT2D eigenvalue weighted by Crippen LogP contribution is 2.08. The maximum atomic E-state index is 11.4. The number of hydrogen-bond donors (Lipinski definition) is 3. The first kappa shape index (κ1) is 13.4. The van der Waals surface area contributed by atoms with Gasteiger partial charge in [-0.25, -0.2) is 0 Å². The summed E-state index contributed by atoms with van der Waals surface area (Å²) in [4.78, 5) is 23.0. The van der Waals surface area contributed by atoms with Gasteiger partial charge >= 0.3 is 0 Å². The summed E-state index contributed by atoms with van der Waals surface area (Å²) in [6.07, 6.45) is 0. The molecule has 0 aliphatic carbocycles. The number of halogens is 1. The van der Waals surface area contributed by atoms with Gasteiger partial charge in [-0.3, -0.25) is 4.79 Å². The predicted molar refractivity (Wildman–Crippen MR) is 66.2 cm³/mol. The Morgan fingerprint density at radius 3 is 2.53 bits per heavy atom. The molecule has 0 unspecified atom stereocenters. The zero-order chi connectivity index (χ0) is 12.8. The van der Waals surface area contributed by atoms with Crippen LogP contribution in [0.2, 0.25) is 5.28 Å². The van der Waals surface area contributed by atoms with Crippen molar-refractivity contribution in [1.82, 2.24) is 20.3 Å². The SMILES string of the molecule is CNc1nc(Cl)nc(NCC(=O)NC(C)C)n1. The minimum atomic E-state index is -0.137. The summed E-state index contributed by atoms with van der Waals surface area (Å²) in [6, 6.07) is 0.0964. The second-order valence-corrected chi connectivity index (χ2v) is 3.92. The van der Waals surface area contributed by atoms with Crippen molar-refractivity contribution in [1.29, 1.82) is 0 Å². The number of carbonyl (C=O) groups excluding carboxylic acids is 1. The molecule has 3 N–H and O–H groups in total. The van der Waals surface area contributed by atoms with Crippen molar-refractivity contribution in [2.24, 2.45) is 0 Å². The van der Waals surface area contributed by atoms with E-state index in [1.807, 2.05) is 13.8 Å². The molecule has 0 spiro atoms. The third-order valence-corrected chi connectivity index (χ3v) is 1.86. The van der Waals surface area contributed by atoms with Crippen molar-refractivity contribution >= 4 is 29.4 Å². The van der Waals surface area contributed by atoms with Gasteiger partial charge in [0, 0.05) is 13.1 Å². The van der Waals surface area contributed by atoms with Crippen LogP contribution < -0.4 is 16.0 Å². The first-order valence-electron chi connectivity index (χ1n) is 5.14. The van der Waals surface area contributed by atoms with Crippen LogP contribution in [0.5, 0.6) is 0 Å². The van der Waals surface area contributed by atoms with E-state index in [0.29, 0.717) is 5.95 Å². The van der Waals surface area contributed by atoms with Crippen LogP contribution in [0, 0.1) is 0 Å².